The van der Waals surface area contributed by atoms with Gasteiger partial charge in [-0.25, -0.2) is 4.79 Å². The smallest absolute Gasteiger partial charge is 0.330 e. The molecular weight excluding hydrogens is 208 g/mol. The number of methoxy groups -OCH3 is 3. The van der Waals surface area contributed by atoms with Crippen molar-refractivity contribution in [3.63, 3.8) is 0 Å². The molecule has 16 heavy (non-hydrogen) atoms. The Bertz CT molecular complexity index is 249. The van der Waals surface area contributed by atoms with E-state index in [2.05, 4.69) is 4.74 Å². The first-order chi connectivity index (χ1) is 7.71. The summed E-state index contributed by atoms with van der Waals surface area (Å²) in [7, 11) is 4.79. The Kier molecular flexibility index (Phi) is 5.49. The number of carbonyl (C=O) groups excluding carboxylic acids is 1. The van der Waals surface area contributed by atoms with E-state index in [0.29, 0.717) is 5.92 Å². The molecule has 3 unspecified atom stereocenters. The SMILES string of the molecule is COC(=O)C=CC1CCC(OC)C(OC)C1. The van der Waals surface area contributed by atoms with Gasteiger partial charge in [0.1, 0.15) is 0 Å². The lowest BCUT2D eigenvalue weighted by molar-refractivity contribution is -0.134. The summed E-state index contributed by atoms with van der Waals surface area (Å²) in [5.74, 6) is 0.0679. The van der Waals surface area contributed by atoms with Crippen molar-refractivity contribution in [2.24, 2.45) is 5.92 Å². The van der Waals surface area contributed by atoms with E-state index in [0.717, 1.165) is 19.3 Å². The van der Waals surface area contributed by atoms with Crippen molar-refractivity contribution in [3.05, 3.63) is 12.2 Å². The van der Waals surface area contributed by atoms with Crippen LogP contribution in [0, 0.1) is 5.92 Å². The van der Waals surface area contributed by atoms with Crippen molar-refractivity contribution >= 4 is 5.97 Å². The maximum Gasteiger partial charge on any atom is 0.330 e. The van der Waals surface area contributed by atoms with Crippen LogP contribution >= 0.6 is 0 Å². The van der Waals surface area contributed by atoms with Crippen LogP contribution in [0.4, 0.5) is 0 Å². The summed E-state index contributed by atoms with van der Waals surface area (Å²) in [6, 6.07) is 0. The number of ether oxygens (including phenoxy) is 3. The molecule has 0 heterocycles. The fourth-order valence-electron chi connectivity index (χ4n) is 2.11. The fourth-order valence-corrected chi connectivity index (χ4v) is 2.11. The van der Waals surface area contributed by atoms with Gasteiger partial charge in [-0.15, -0.1) is 0 Å². The van der Waals surface area contributed by atoms with Gasteiger partial charge in [-0.1, -0.05) is 6.08 Å². The highest BCUT2D eigenvalue weighted by Crippen LogP contribution is 2.28. The molecule has 0 spiro atoms. The van der Waals surface area contributed by atoms with E-state index in [1.807, 2.05) is 6.08 Å². The van der Waals surface area contributed by atoms with Gasteiger partial charge >= 0.3 is 5.97 Å². The number of carbonyl (C=O) groups is 1. The zero-order valence-electron chi connectivity index (χ0n) is 10.1. The van der Waals surface area contributed by atoms with Crippen LogP contribution in [0.2, 0.25) is 0 Å². The molecule has 0 bridgehead atoms. The van der Waals surface area contributed by atoms with Crippen molar-refractivity contribution in [3.8, 4) is 0 Å². The van der Waals surface area contributed by atoms with Gasteiger partial charge in [0.15, 0.2) is 0 Å². The molecule has 0 N–H and O–H groups in total. The van der Waals surface area contributed by atoms with Crippen LogP contribution in [0.15, 0.2) is 12.2 Å². The highest BCUT2D eigenvalue weighted by molar-refractivity contribution is 5.81. The van der Waals surface area contributed by atoms with E-state index < -0.39 is 0 Å². The van der Waals surface area contributed by atoms with Crippen molar-refractivity contribution in [1.82, 2.24) is 0 Å². The first kappa shape index (κ1) is 13.2. The summed E-state index contributed by atoms with van der Waals surface area (Å²) in [4.78, 5) is 11.0. The normalized spacial score (nSPS) is 30.6. The van der Waals surface area contributed by atoms with Gasteiger partial charge in [-0.3, -0.25) is 0 Å². The zero-order chi connectivity index (χ0) is 12.0. The molecule has 1 aliphatic rings. The average Bonchev–Trinajstić information content (AvgIpc) is 2.35. The molecule has 3 atom stereocenters. The molecule has 1 aliphatic carbocycles. The predicted molar refractivity (Wildman–Crippen MR) is 60.1 cm³/mol. The maximum absolute atomic E-state index is 11.0. The number of allylic oxidation sites excluding steroid dienone is 1. The average molecular weight is 228 g/mol. The fraction of sp³-hybridized carbons (Fsp3) is 0.750. The lowest BCUT2D eigenvalue weighted by atomic mass is 9.85. The van der Waals surface area contributed by atoms with Gasteiger partial charge in [0.25, 0.3) is 0 Å². The van der Waals surface area contributed by atoms with Gasteiger partial charge in [-0.05, 0) is 25.2 Å². The van der Waals surface area contributed by atoms with Gasteiger partial charge in [0.05, 0.1) is 19.3 Å². The Morgan fingerprint density at radius 2 is 1.81 bits per heavy atom. The van der Waals surface area contributed by atoms with E-state index >= 15 is 0 Å². The molecule has 0 saturated heterocycles. The van der Waals surface area contributed by atoms with Crippen molar-refractivity contribution in [1.29, 1.82) is 0 Å². The molecule has 4 nitrogen and oxygen atoms in total. The molecule has 92 valence electrons. The highest BCUT2D eigenvalue weighted by Gasteiger charge is 2.29. The molecule has 0 radical (unpaired) electrons. The lowest BCUT2D eigenvalue weighted by Crippen LogP contribution is -2.36. The molecule has 0 aromatic heterocycles. The minimum Gasteiger partial charge on any atom is -0.466 e. The summed E-state index contributed by atoms with van der Waals surface area (Å²) in [6.07, 6.45) is 6.56. The molecule has 0 aromatic carbocycles. The second kappa shape index (κ2) is 6.66. The zero-order valence-corrected chi connectivity index (χ0v) is 10.1. The predicted octanol–water partition coefficient (Wildman–Crippen LogP) is 1.55. The van der Waals surface area contributed by atoms with Gasteiger partial charge in [0.2, 0.25) is 0 Å². The van der Waals surface area contributed by atoms with Crippen LogP contribution in [0.25, 0.3) is 0 Å². The summed E-state index contributed by atoms with van der Waals surface area (Å²) in [6.45, 7) is 0. The van der Waals surface area contributed by atoms with Gasteiger partial charge < -0.3 is 14.2 Å². The minimum absolute atomic E-state index is 0.117. The highest BCUT2D eigenvalue weighted by atomic mass is 16.5. The van der Waals surface area contributed by atoms with Gasteiger partial charge in [-0.2, -0.15) is 0 Å². The van der Waals surface area contributed by atoms with E-state index in [1.54, 1.807) is 14.2 Å². The number of hydrogen-bond donors (Lipinski definition) is 0. The molecule has 1 fully saturated rings. The van der Waals surface area contributed by atoms with E-state index in [4.69, 9.17) is 9.47 Å². The van der Waals surface area contributed by atoms with Crippen LogP contribution in [0.3, 0.4) is 0 Å². The molecule has 0 aromatic rings. The Morgan fingerprint density at radius 3 is 2.38 bits per heavy atom. The van der Waals surface area contributed by atoms with Crippen LogP contribution in [0.5, 0.6) is 0 Å². The summed E-state index contributed by atoms with van der Waals surface area (Å²) < 4.78 is 15.3. The lowest BCUT2D eigenvalue weighted by Gasteiger charge is -2.33. The Hall–Kier alpha value is -0.870. The second-order valence-electron chi connectivity index (χ2n) is 4.00. The molecule has 0 aliphatic heterocycles. The third-order valence-corrected chi connectivity index (χ3v) is 3.08. The van der Waals surface area contributed by atoms with Crippen LogP contribution in [-0.4, -0.2) is 39.5 Å². The van der Waals surface area contributed by atoms with Crippen molar-refractivity contribution in [2.75, 3.05) is 21.3 Å². The van der Waals surface area contributed by atoms with Crippen molar-refractivity contribution in [2.45, 2.75) is 31.5 Å². The first-order valence-electron chi connectivity index (χ1n) is 5.53. The van der Waals surface area contributed by atoms with Crippen LogP contribution < -0.4 is 0 Å². The van der Waals surface area contributed by atoms with Crippen LogP contribution in [0.1, 0.15) is 19.3 Å². The quantitative estimate of drug-likeness (QED) is 0.541. The third kappa shape index (κ3) is 3.61. The number of rotatable bonds is 4. The molecule has 1 saturated carbocycles. The number of esters is 1. The second-order valence-corrected chi connectivity index (χ2v) is 4.00. The summed E-state index contributed by atoms with van der Waals surface area (Å²) in [5.41, 5.74) is 0. The van der Waals surface area contributed by atoms with E-state index in [1.165, 1.54) is 13.2 Å². The molecule has 1 rings (SSSR count). The third-order valence-electron chi connectivity index (χ3n) is 3.08. The number of hydrogen-bond acceptors (Lipinski definition) is 4. The molecule has 0 amide bonds. The standard InChI is InChI=1S/C12H20O4/c1-14-10-6-4-9(8-11(10)15-2)5-7-12(13)16-3/h5,7,9-11H,4,6,8H2,1-3H3. The largest absolute Gasteiger partial charge is 0.466 e. The Balaban J connectivity index is 2.47. The van der Waals surface area contributed by atoms with E-state index in [-0.39, 0.29) is 18.2 Å². The van der Waals surface area contributed by atoms with Crippen LogP contribution in [-0.2, 0) is 19.0 Å². The molecular formula is C12H20O4. The van der Waals surface area contributed by atoms with Crippen molar-refractivity contribution < 1.29 is 19.0 Å². The summed E-state index contributed by atoms with van der Waals surface area (Å²) in [5, 5.41) is 0. The Morgan fingerprint density at radius 1 is 1.12 bits per heavy atom. The van der Waals surface area contributed by atoms with E-state index in [9.17, 15) is 4.79 Å². The molecule has 4 heteroatoms. The summed E-state index contributed by atoms with van der Waals surface area (Å²) >= 11 is 0. The Labute approximate surface area is 96.6 Å². The first-order valence-corrected chi connectivity index (χ1v) is 5.53. The van der Waals surface area contributed by atoms with Gasteiger partial charge in [0, 0.05) is 20.3 Å². The monoisotopic (exact) mass is 228 g/mol. The minimum atomic E-state index is -0.303. The topological polar surface area (TPSA) is 44.8 Å². The maximum atomic E-state index is 11.0.